The van der Waals surface area contributed by atoms with Crippen LogP contribution in [0.15, 0.2) is 122 Å². The highest BCUT2D eigenvalue weighted by atomic mass is 28.4. The Kier molecular flexibility index (Phi) is 4.57. The van der Waals surface area contributed by atoms with Gasteiger partial charge in [0.1, 0.15) is 0 Å². The maximum absolute atomic E-state index is 4.87. The van der Waals surface area contributed by atoms with Gasteiger partial charge in [-0.25, -0.2) is 9.97 Å². The molecule has 1 fully saturated rings. The summed E-state index contributed by atoms with van der Waals surface area (Å²) in [6, 6.07) is 41.3. The van der Waals surface area contributed by atoms with Crippen molar-refractivity contribution >= 4 is 31.4 Å². The van der Waals surface area contributed by atoms with E-state index >= 15 is 0 Å². The zero-order chi connectivity index (χ0) is 23.2. The number of anilines is 4. The number of nitrogens with zero attached hydrogens (tertiary/aromatic N) is 4. The quantitative estimate of drug-likeness (QED) is 0.255. The van der Waals surface area contributed by atoms with Crippen LogP contribution in [0, 0.1) is 0 Å². The Morgan fingerprint density at radius 3 is 1.34 bits per heavy atom. The summed E-state index contributed by atoms with van der Waals surface area (Å²) < 4.78 is 5.08. The second-order valence-corrected chi connectivity index (χ2v) is 13.0. The van der Waals surface area contributed by atoms with E-state index in [0.29, 0.717) is 0 Å². The topological polar surface area (TPSA) is 32.3 Å². The van der Waals surface area contributed by atoms with Crippen molar-refractivity contribution in [3.63, 3.8) is 0 Å². The third kappa shape index (κ3) is 3.27. The maximum atomic E-state index is 4.87. The molecule has 0 atom stereocenters. The molecule has 3 heterocycles. The van der Waals surface area contributed by atoms with Crippen LogP contribution >= 0.6 is 0 Å². The highest BCUT2D eigenvalue weighted by Gasteiger charge is 2.64. The smallest absolute Gasteiger partial charge is 0.275 e. The summed E-state index contributed by atoms with van der Waals surface area (Å²) in [5, 5.41) is 0. The van der Waals surface area contributed by atoms with Gasteiger partial charge in [-0.3, -0.25) is 0 Å². The first-order valence-electron chi connectivity index (χ1n) is 12.1. The fourth-order valence-corrected chi connectivity index (χ4v) is 9.66. The van der Waals surface area contributed by atoms with E-state index in [1.807, 2.05) is 12.4 Å². The molecule has 0 saturated carbocycles. The van der Waals surface area contributed by atoms with Crippen LogP contribution in [-0.4, -0.2) is 18.4 Å². The molecule has 0 bridgehead atoms. The minimum absolute atomic E-state index is 0.979. The van der Waals surface area contributed by atoms with Crippen molar-refractivity contribution in [2.75, 3.05) is 9.13 Å². The summed E-state index contributed by atoms with van der Waals surface area (Å²) in [4.78, 5) is 9.74. The summed E-state index contributed by atoms with van der Waals surface area (Å²) in [5.74, 6) is 1.96. The molecule has 0 amide bonds. The first-order valence-corrected chi connectivity index (χ1v) is 14.4. The van der Waals surface area contributed by atoms with Crippen molar-refractivity contribution in [3.8, 4) is 22.3 Å². The summed E-state index contributed by atoms with van der Waals surface area (Å²) in [5.41, 5.74) is 7.32. The van der Waals surface area contributed by atoms with Gasteiger partial charge in [-0.1, -0.05) is 84.9 Å². The first kappa shape index (κ1) is 20.2. The van der Waals surface area contributed by atoms with Crippen LogP contribution in [-0.2, 0) is 0 Å². The second-order valence-electron chi connectivity index (χ2n) is 9.19. The molecule has 4 nitrogen and oxygen atoms in total. The van der Waals surface area contributed by atoms with Gasteiger partial charge in [-0.15, -0.1) is 0 Å². The van der Waals surface area contributed by atoms with E-state index in [9.17, 15) is 0 Å². The van der Waals surface area contributed by atoms with E-state index in [0.717, 1.165) is 11.6 Å². The molecular formula is C30H24N4Si. The molecule has 5 heteroatoms. The Morgan fingerprint density at radius 2 is 0.914 bits per heavy atom. The normalized spacial score (nSPS) is 15.3. The van der Waals surface area contributed by atoms with Gasteiger partial charge in [-0.05, 0) is 58.6 Å². The van der Waals surface area contributed by atoms with E-state index < -0.39 is 8.40 Å². The van der Waals surface area contributed by atoms with Crippen LogP contribution < -0.4 is 9.13 Å². The third-order valence-corrected chi connectivity index (χ3v) is 11.0. The van der Waals surface area contributed by atoms with E-state index in [4.69, 9.17) is 9.97 Å². The standard InChI is InChI=1S/C30H24N4Si/c1-3-9-23(10-4-1)25-13-7-15-27(21-25)33-29-30(32-18-17-31-29)34(35(33)19-20-35)28-16-8-14-26(22-28)24-11-5-2-6-12-24/h1-18,21-22H,19-20H2. The van der Waals surface area contributed by atoms with E-state index in [1.165, 1.54) is 45.7 Å². The summed E-state index contributed by atoms with van der Waals surface area (Å²) in [7, 11) is -2.04. The zero-order valence-corrected chi connectivity index (χ0v) is 20.3. The van der Waals surface area contributed by atoms with Crippen LogP contribution in [0.3, 0.4) is 0 Å². The lowest BCUT2D eigenvalue weighted by atomic mass is 10.1. The molecule has 0 N–H and O–H groups in total. The average molecular weight is 469 g/mol. The molecule has 2 aliphatic rings. The highest BCUT2D eigenvalue weighted by Crippen LogP contribution is 2.59. The predicted octanol–water partition coefficient (Wildman–Crippen LogP) is 7.56. The second kappa shape index (κ2) is 7.93. The van der Waals surface area contributed by atoms with Crippen molar-refractivity contribution in [3.05, 3.63) is 122 Å². The van der Waals surface area contributed by atoms with E-state index in [1.54, 1.807) is 0 Å². The average Bonchev–Trinajstić information content (AvgIpc) is 3.65. The highest BCUT2D eigenvalue weighted by molar-refractivity contribution is 6.98. The molecule has 0 aliphatic carbocycles. The van der Waals surface area contributed by atoms with Gasteiger partial charge in [0.2, 0.25) is 0 Å². The maximum Gasteiger partial charge on any atom is 0.275 e. The van der Waals surface area contributed by atoms with Crippen molar-refractivity contribution < 1.29 is 0 Å². The lowest BCUT2D eigenvalue weighted by molar-refractivity contribution is 1.17. The van der Waals surface area contributed by atoms with Crippen LogP contribution in [0.2, 0.25) is 12.1 Å². The molecule has 0 unspecified atom stereocenters. The van der Waals surface area contributed by atoms with Crippen molar-refractivity contribution in [2.45, 2.75) is 12.1 Å². The number of rotatable bonds is 4. The van der Waals surface area contributed by atoms with E-state index in [2.05, 4.69) is 118 Å². The summed E-state index contributed by atoms with van der Waals surface area (Å²) in [6.07, 6.45) is 3.64. The first-order chi connectivity index (χ1) is 17.3. The van der Waals surface area contributed by atoms with Crippen molar-refractivity contribution in [1.29, 1.82) is 0 Å². The molecule has 1 aromatic heterocycles. The van der Waals surface area contributed by atoms with Gasteiger partial charge in [0.25, 0.3) is 8.40 Å². The monoisotopic (exact) mass is 468 g/mol. The number of hydrogen-bond acceptors (Lipinski definition) is 4. The lowest BCUT2D eigenvalue weighted by Crippen LogP contribution is -2.46. The molecule has 0 radical (unpaired) electrons. The molecule has 7 rings (SSSR count). The molecule has 1 spiro atoms. The largest absolute Gasteiger partial charge is 0.332 e. The van der Waals surface area contributed by atoms with Gasteiger partial charge in [-0.2, -0.15) is 0 Å². The fraction of sp³-hybridized carbons (Fsp3) is 0.0667. The van der Waals surface area contributed by atoms with Gasteiger partial charge >= 0.3 is 0 Å². The van der Waals surface area contributed by atoms with Crippen LogP contribution in [0.5, 0.6) is 0 Å². The third-order valence-electron chi connectivity index (χ3n) is 7.04. The number of benzene rings is 4. The Balaban J connectivity index is 1.35. The predicted molar refractivity (Wildman–Crippen MR) is 145 cm³/mol. The molecule has 4 aromatic carbocycles. The van der Waals surface area contributed by atoms with Gasteiger partial charge in [0.05, 0.1) is 0 Å². The number of hydrogen-bond donors (Lipinski definition) is 0. The van der Waals surface area contributed by atoms with Gasteiger partial charge < -0.3 is 9.13 Å². The Morgan fingerprint density at radius 1 is 0.486 bits per heavy atom. The van der Waals surface area contributed by atoms with E-state index in [-0.39, 0.29) is 0 Å². The van der Waals surface area contributed by atoms with Crippen LogP contribution in [0.1, 0.15) is 0 Å². The molecular weight excluding hydrogens is 444 g/mol. The molecule has 168 valence electrons. The zero-order valence-electron chi connectivity index (χ0n) is 19.3. The molecule has 35 heavy (non-hydrogen) atoms. The van der Waals surface area contributed by atoms with Crippen molar-refractivity contribution in [2.24, 2.45) is 0 Å². The molecule has 1 saturated heterocycles. The van der Waals surface area contributed by atoms with Crippen molar-refractivity contribution in [1.82, 2.24) is 9.97 Å². The lowest BCUT2D eigenvalue weighted by Gasteiger charge is -2.31. The van der Waals surface area contributed by atoms with Crippen LogP contribution in [0.25, 0.3) is 22.3 Å². The molecule has 5 aromatic rings. The fourth-order valence-electron chi connectivity index (χ4n) is 5.33. The van der Waals surface area contributed by atoms with Gasteiger partial charge in [0, 0.05) is 23.8 Å². The summed E-state index contributed by atoms with van der Waals surface area (Å²) in [6.45, 7) is 0. The number of fused-ring (bicyclic) bond motifs is 1. The Labute approximate surface area is 206 Å². The molecule has 2 aliphatic heterocycles. The SMILES string of the molecule is c1ccc(-c2cccc(N3c4nccnc4N(c4cccc(-c5ccccc5)c4)[Si]34CC4)c2)cc1. The Bertz CT molecular complexity index is 1400. The minimum atomic E-state index is -2.04. The van der Waals surface area contributed by atoms with Gasteiger partial charge in [0.15, 0.2) is 11.6 Å². The number of aromatic nitrogens is 2. The minimum Gasteiger partial charge on any atom is -0.332 e. The summed E-state index contributed by atoms with van der Waals surface area (Å²) >= 11 is 0. The van der Waals surface area contributed by atoms with Crippen LogP contribution in [0.4, 0.5) is 23.0 Å². The Hall–Kier alpha value is -4.22.